The number of carbonyl (C=O) groups excluding carboxylic acids is 2. The second-order valence-electron chi connectivity index (χ2n) is 14.8. The van der Waals surface area contributed by atoms with Crippen molar-refractivity contribution in [2.24, 2.45) is 0 Å². The average Bonchev–Trinajstić information content (AvgIpc) is 3.16. The summed E-state index contributed by atoms with van der Waals surface area (Å²) >= 11 is 0. The number of phosphoric ester groups is 1. The second kappa shape index (κ2) is 41.6. The fourth-order valence-electron chi connectivity index (χ4n) is 6.11. The zero-order valence-electron chi connectivity index (χ0n) is 34.8. The van der Waals surface area contributed by atoms with Crippen LogP contribution in [0, 0.1) is 0 Å². The molecule has 0 fully saturated rings. The van der Waals surface area contributed by atoms with Crippen LogP contribution in [0.2, 0.25) is 0 Å². The first-order chi connectivity index (χ1) is 26.8. The summed E-state index contributed by atoms with van der Waals surface area (Å²) in [6, 6.07) is 0. The van der Waals surface area contributed by atoms with Gasteiger partial charge in [-0.25, -0.2) is 4.57 Å². The summed E-state index contributed by atoms with van der Waals surface area (Å²) in [5.74, 6) is -0.959. The lowest BCUT2D eigenvalue weighted by atomic mass is 10.0. The monoisotopic (exact) mass is 797 g/mol. The number of carbonyl (C=O) groups is 2. The maximum absolute atomic E-state index is 12.4. The van der Waals surface area contributed by atoms with Gasteiger partial charge in [0, 0.05) is 19.4 Å². The molecular weight excluding hydrogens is 715 g/mol. The van der Waals surface area contributed by atoms with Crippen molar-refractivity contribution >= 4 is 19.8 Å². The summed E-state index contributed by atoms with van der Waals surface area (Å²) in [5.41, 5.74) is 0. The molecule has 9 nitrogen and oxygen atoms in total. The summed E-state index contributed by atoms with van der Waals surface area (Å²) in [6.45, 7) is 1.67. The molecule has 0 aliphatic carbocycles. The van der Waals surface area contributed by atoms with E-state index in [1.807, 2.05) is 6.08 Å². The number of esters is 2. The number of aliphatic hydroxyl groups excluding tert-OH is 1. The molecule has 320 valence electrons. The highest BCUT2D eigenvalue weighted by Crippen LogP contribution is 2.36. The molecule has 0 spiro atoms. The number of unbranched alkanes of at least 4 members (excludes halogenated alkanes) is 22. The number of aliphatic hydroxyl groups is 1. The molecule has 0 rings (SSSR count). The van der Waals surface area contributed by atoms with Crippen LogP contribution < -0.4 is 0 Å². The average molecular weight is 797 g/mol. The first kappa shape index (κ1) is 53.0. The molecule has 0 radical (unpaired) electrons. The number of phosphoric acid groups is 1. The number of ether oxygens (including phenoxy) is 2. The minimum absolute atomic E-state index is 0.182. The molecule has 0 heterocycles. The molecule has 0 saturated heterocycles. The Morgan fingerprint density at radius 3 is 1.36 bits per heavy atom. The third kappa shape index (κ3) is 44.6. The molecule has 0 aromatic rings. The van der Waals surface area contributed by atoms with Gasteiger partial charge in [0.1, 0.15) is 6.61 Å². The molecular formula is C45H81O9P. The van der Waals surface area contributed by atoms with Crippen LogP contribution in [0.5, 0.6) is 0 Å². The predicted molar refractivity (Wildman–Crippen MR) is 227 cm³/mol. The van der Waals surface area contributed by atoms with Gasteiger partial charge in [0.15, 0.2) is 6.10 Å². The maximum Gasteiger partial charge on any atom is 0.469 e. The summed E-state index contributed by atoms with van der Waals surface area (Å²) in [4.78, 5) is 42.9. The Kier molecular flexibility index (Phi) is 40.1. The highest BCUT2D eigenvalue weighted by molar-refractivity contribution is 7.46. The molecule has 1 atom stereocenters. The molecule has 0 saturated carbocycles. The molecule has 0 bridgehead atoms. The van der Waals surface area contributed by atoms with Gasteiger partial charge in [0.05, 0.1) is 6.61 Å². The van der Waals surface area contributed by atoms with Crippen LogP contribution in [0.1, 0.15) is 200 Å². The van der Waals surface area contributed by atoms with Gasteiger partial charge in [0.2, 0.25) is 0 Å². The van der Waals surface area contributed by atoms with E-state index in [0.717, 1.165) is 64.2 Å². The minimum Gasteiger partial charge on any atom is -0.462 e. The predicted octanol–water partition coefficient (Wildman–Crippen LogP) is 12.5. The highest BCUT2D eigenvalue weighted by atomic mass is 31.2. The number of hydrogen-bond acceptors (Lipinski definition) is 7. The van der Waals surface area contributed by atoms with E-state index in [4.69, 9.17) is 24.4 Å². The van der Waals surface area contributed by atoms with Crippen LogP contribution in [0.4, 0.5) is 0 Å². The van der Waals surface area contributed by atoms with Crippen molar-refractivity contribution in [3.63, 3.8) is 0 Å². The Bertz CT molecular complexity index is 1030. The van der Waals surface area contributed by atoms with Crippen LogP contribution in [0.15, 0.2) is 48.6 Å². The van der Waals surface area contributed by atoms with Crippen molar-refractivity contribution < 1.29 is 43.0 Å². The Labute approximate surface area is 336 Å². The van der Waals surface area contributed by atoms with Crippen molar-refractivity contribution in [2.45, 2.75) is 206 Å². The van der Waals surface area contributed by atoms with Gasteiger partial charge in [-0.1, -0.05) is 178 Å². The SMILES string of the molecule is CCCCCCCCCCCCCCCCCCCCCC(=O)O[C@H](COC(=O)CCC/C=C\C/C=C\C/C=C\C/C=C\CCCCCO)COP(=O)(O)O. The van der Waals surface area contributed by atoms with E-state index in [1.54, 1.807) is 0 Å². The third-order valence-corrected chi connectivity index (χ3v) is 9.89. The van der Waals surface area contributed by atoms with E-state index in [0.29, 0.717) is 19.3 Å². The Balaban J connectivity index is 3.96. The van der Waals surface area contributed by atoms with Gasteiger partial charge in [0.25, 0.3) is 0 Å². The molecule has 0 aromatic carbocycles. The third-order valence-electron chi connectivity index (χ3n) is 9.41. The van der Waals surface area contributed by atoms with Crippen molar-refractivity contribution in [1.82, 2.24) is 0 Å². The molecule has 55 heavy (non-hydrogen) atoms. The van der Waals surface area contributed by atoms with E-state index in [-0.39, 0.29) is 26.1 Å². The van der Waals surface area contributed by atoms with Crippen molar-refractivity contribution in [1.29, 1.82) is 0 Å². The van der Waals surface area contributed by atoms with Crippen LogP contribution in [-0.4, -0.2) is 52.8 Å². The lowest BCUT2D eigenvalue weighted by Crippen LogP contribution is -2.29. The van der Waals surface area contributed by atoms with Gasteiger partial charge in [-0.3, -0.25) is 14.1 Å². The van der Waals surface area contributed by atoms with Gasteiger partial charge in [-0.05, 0) is 57.8 Å². The minimum atomic E-state index is -4.77. The van der Waals surface area contributed by atoms with E-state index < -0.39 is 32.5 Å². The smallest absolute Gasteiger partial charge is 0.462 e. The van der Waals surface area contributed by atoms with Crippen molar-refractivity contribution in [3.05, 3.63) is 48.6 Å². The second-order valence-corrected chi connectivity index (χ2v) is 16.0. The summed E-state index contributed by atoms with van der Waals surface area (Å²) < 4.78 is 26.4. The Hall–Kier alpha value is -2.03. The highest BCUT2D eigenvalue weighted by Gasteiger charge is 2.22. The summed E-state index contributed by atoms with van der Waals surface area (Å²) in [6.07, 6.45) is 48.5. The molecule has 10 heteroatoms. The number of rotatable bonds is 41. The van der Waals surface area contributed by atoms with Crippen LogP contribution in [0.3, 0.4) is 0 Å². The summed E-state index contributed by atoms with van der Waals surface area (Å²) in [7, 11) is -4.77. The molecule has 0 amide bonds. The Morgan fingerprint density at radius 2 is 0.909 bits per heavy atom. The largest absolute Gasteiger partial charge is 0.469 e. The topological polar surface area (TPSA) is 140 Å². The zero-order chi connectivity index (χ0) is 40.3. The van der Waals surface area contributed by atoms with Crippen molar-refractivity contribution in [2.75, 3.05) is 19.8 Å². The molecule has 0 aliphatic heterocycles. The zero-order valence-corrected chi connectivity index (χ0v) is 35.7. The standard InChI is InChI=1S/C45H81O9P/c1-2-3-4-5-6-7-8-9-10-11-12-14-18-21-24-27-30-33-36-39-45(48)54-43(42-53-55(49,50)51)41-52-44(47)38-35-32-29-26-23-20-17-15-13-16-19-22-25-28-31-34-37-40-46/h13,16-17,20,22,25-26,29,43,46H,2-12,14-15,18-19,21,23-24,27-28,30-42H2,1H3,(H2,49,50,51)/b16-13-,20-17-,25-22-,29-26-/t43-/m1/s1. The van der Waals surface area contributed by atoms with E-state index in [9.17, 15) is 14.2 Å². The van der Waals surface area contributed by atoms with Gasteiger partial charge in [-0.2, -0.15) is 0 Å². The number of hydrogen-bond donors (Lipinski definition) is 3. The molecule has 3 N–H and O–H groups in total. The van der Waals surface area contributed by atoms with Crippen LogP contribution in [-0.2, 0) is 28.2 Å². The quantitative estimate of drug-likeness (QED) is 0.0239. The van der Waals surface area contributed by atoms with E-state index in [2.05, 4.69) is 54.0 Å². The lowest BCUT2D eigenvalue weighted by Gasteiger charge is -2.18. The van der Waals surface area contributed by atoms with E-state index >= 15 is 0 Å². The fraction of sp³-hybridized carbons (Fsp3) is 0.778. The van der Waals surface area contributed by atoms with Gasteiger partial charge >= 0.3 is 19.8 Å². The van der Waals surface area contributed by atoms with Crippen LogP contribution in [0.25, 0.3) is 0 Å². The molecule has 0 unspecified atom stereocenters. The van der Waals surface area contributed by atoms with E-state index in [1.165, 1.54) is 96.3 Å². The lowest BCUT2D eigenvalue weighted by molar-refractivity contribution is -0.161. The van der Waals surface area contributed by atoms with Gasteiger partial charge in [-0.15, -0.1) is 0 Å². The first-order valence-corrected chi connectivity index (χ1v) is 23.6. The molecule has 0 aliphatic rings. The Morgan fingerprint density at radius 1 is 0.509 bits per heavy atom. The van der Waals surface area contributed by atoms with Crippen LogP contribution >= 0.6 is 7.82 Å². The van der Waals surface area contributed by atoms with Gasteiger partial charge < -0.3 is 24.4 Å². The molecule has 0 aromatic heterocycles. The van der Waals surface area contributed by atoms with Crippen molar-refractivity contribution in [3.8, 4) is 0 Å². The number of allylic oxidation sites excluding steroid dienone is 8. The summed E-state index contributed by atoms with van der Waals surface area (Å²) in [5, 5.41) is 8.78. The fourth-order valence-corrected chi connectivity index (χ4v) is 6.47. The normalized spacial score (nSPS) is 12.9. The maximum atomic E-state index is 12.4. The first-order valence-electron chi connectivity index (χ1n) is 22.0.